The van der Waals surface area contributed by atoms with E-state index in [1.807, 2.05) is 0 Å². The van der Waals surface area contributed by atoms with Gasteiger partial charge in [0.15, 0.2) is 0 Å². The van der Waals surface area contributed by atoms with Crippen LogP contribution in [0.4, 0.5) is 0 Å². The van der Waals surface area contributed by atoms with Crippen LogP contribution in [0.25, 0.3) is 0 Å². The van der Waals surface area contributed by atoms with Crippen LogP contribution in [-0.2, 0) is 17.1 Å². The van der Waals surface area contributed by atoms with Gasteiger partial charge >= 0.3 is 60.4 Å². The van der Waals surface area contributed by atoms with Gasteiger partial charge in [-0.1, -0.05) is 0 Å². The Kier molecular flexibility index (Phi) is 14.6. The predicted octanol–water partition coefficient (Wildman–Crippen LogP) is -5.49. The first-order valence-corrected chi connectivity index (χ1v) is 2.68. The topological polar surface area (TPSA) is 80.9 Å². The number of hydrogen-bond donors (Lipinski definition) is 4. The van der Waals surface area contributed by atoms with Crippen LogP contribution in [0.1, 0.15) is 1.43 Å². The minimum absolute atomic E-state index is 0. The first-order chi connectivity index (χ1) is 2.00. The van der Waals surface area contributed by atoms with Crippen LogP contribution in [0, 0.1) is 0 Å². The average Bonchev–Trinajstić information content (AvgIpc) is 0.722. The van der Waals surface area contributed by atoms with E-state index in [1.54, 1.807) is 0 Å². The zero-order valence-corrected chi connectivity index (χ0v) is 8.87. The standard InChI is InChI=1S/Fe.K.H4O4Si.H/c;;1-5(2,3)4;/h;;1-4H;/q;+1;;-1. The van der Waals surface area contributed by atoms with Crippen LogP contribution in [0.15, 0.2) is 0 Å². The van der Waals surface area contributed by atoms with Crippen molar-refractivity contribution in [1.82, 2.24) is 0 Å². The molecule has 0 fully saturated rings. The van der Waals surface area contributed by atoms with Gasteiger partial charge in [0.1, 0.15) is 0 Å². The molecule has 0 saturated carbocycles. The third kappa shape index (κ3) is 64.7. The SMILES string of the molecule is O[Si](O)(O)O.[Fe].[H-].[K+]. The molecule has 7 heteroatoms. The normalized spacial score (nSPS) is 8.57. The molecule has 0 radical (unpaired) electrons. The first kappa shape index (κ1) is 16.1. The molecule has 4 nitrogen and oxygen atoms in total. The summed E-state index contributed by atoms with van der Waals surface area (Å²) in [4.78, 5) is 29.3. The van der Waals surface area contributed by atoms with E-state index in [-0.39, 0.29) is 69.9 Å². The summed E-state index contributed by atoms with van der Waals surface area (Å²) in [6.07, 6.45) is 0. The summed E-state index contributed by atoms with van der Waals surface area (Å²) >= 11 is 0. The molecule has 0 bridgehead atoms. The molecule has 4 N–H and O–H groups in total. The maximum atomic E-state index is 7.33. The van der Waals surface area contributed by atoms with Crippen LogP contribution in [-0.4, -0.2) is 28.2 Å². The smallest absolute Gasteiger partial charge is 1.00 e. The minimum Gasteiger partial charge on any atom is -1.00 e. The third-order valence-corrected chi connectivity index (χ3v) is 0. The van der Waals surface area contributed by atoms with Crippen LogP contribution >= 0.6 is 0 Å². The summed E-state index contributed by atoms with van der Waals surface area (Å²) in [5.74, 6) is 0. The summed E-state index contributed by atoms with van der Waals surface area (Å²) < 4.78 is 0. The van der Waals surface area contributed by atoms with Crippen molar-refractivity contribution in [2.75, 3.05) is 0 Å². The second-order valence-corrected chi connectivity index (χ2v) is 1.80. The molecular formula is H5FeKO4Si. The van der Waals surface area contributed by atoms with Gasteiger partial charge in [-0.2, -0.15) is 0 Å². The fourth-order valence-electron chi connectivity index (χ4n) is 0. The molecule has 0 aromatic carbocycles. The van der Waals surface area contributed by atoms with Crippen molar-refractivity contribution in [3.8, 4) is 0 Å². The van der Waals surface area contributed by atoms with Crippen LogP contribution in [0.2, 0.25) is 0 Å². The molecule has 0 aromatic rings. The third-order valence-electron chi connectivity index (χ3n) is 0. The van der Waals surface area contributed by atoms with E-state index in [2.05, 4.69) is 0 Å². The maximum absolute atomic E-state index is 7.33. The van der Waals surface area contributed by atoms with Crippen molar-refractivity contribution < 1.29 is 89.1 Å². The molecule has 0 heterocycles. The van der Waals surface area contributed by atoms with E-state index in [0.717, 1.165) is 0 Å². The Labute approximate surface area is 96.4 Å². The predicted molar refractivity (Wildman–Crippen MR) is 15.7 cm³/mol. The Hall–Kier alpha value is 2.21. The Morgan fingerprint density at radius 3 is 1.00 bits per heavy atom. The molecule has 42 valence electrons. The molecule has 0 aliphatic rings. The summed E-state index contributed by atoms with van der Waals surface area (Å²) in [6, 6.07) is 0. The molecule has 0 amide bonds. The minimum atomic E-state index is -4.61. The summed E-state index contributed by atoms with van der Waals surface area (Å²) in [5.41, 5.74) is 0. The molecule has 7 heavy (non-hydrogen) atoms. The monoisotopic (exact) mass is 192 g/mol. The van der Waals surface area contributed by atoms with E-state index >= 15 is 0 Å². The van der Waals surface area contributed by atoms with Gasteiger partial charge in [-0.15, -0.1) is 0 Å². The van der Waals surface area contributed by atoms with Gasteiger partial charge in [-0.05, 0) is 0 Å². The summed E-state index contributed by atoms with van der Waals surface area (Å²) in [5, 5.41) is 0. The van der Waals surface area contributed by atoms with Gasteiger partial charge in [-0.25, -0.2) is 0 Å². The Bertz CT molecular complexity index is 31.5. The van der Waals surface area contributed by atoms with Gasteiger partial charge in [0.25, 0.3) is 0 Å². The zero-order valence-electron chi connectivity index (χ0n) is 4.64. The zero-order chi connectivity index (χ0) is 4.50. The van der Waals surface area contributed by atoms with E-state index in [0.29, 0.717) is 0 Å². The number of rotatable bonds is 0. The van der Waals surface area contributed by atoms with E-state index < -0.39 is 9.05 Å². The number of hydrogen-bond acceptors (Lipinski definition) is 4. The molecule has 0 aliphatic heterocycles. The Balaban J connectivity index is -0.0000000267. The van der Waals surface area contributed by atoms with Crippen molar-refractivity contribution >= 4 is 9.05 Å². The van der Waals surface area contributed by atoms with Gasteiger partial charge in [0.2, 0.25) is 0 Å². The largest absolute Gasteiger partial charge is 1.00 e. The van der Waals surface area contributed by atoms with E-state index in [1.165, 1.54) is 0 Å². The molecule has 0 atom stereocenters. The van der Waals surface area contributed by atoms with Gasteiger partial charge < -0.3 is 20.6 Å². The van der Waals surface area contributed by atoms with Crippen molar-refractivity contribution in [2.24, 2.45) is 0 Å². The van der Waals surface area contributed by atoms with Crippen molar-refractivity contribution in [3.05, 3.63) is 0 Å². The Morgan fingerprint density at radius 2 is 1.00 bits per heavy atom. The molecule has 0 rings (SSSR count). The van der Waals surface area contributed by atoms with Gasteiger partial charge in [0, 0.05) is 17.1 Å². The summed E-state index contributed by atoms with van der Waals surface area (Å²) in [7, 11) is -4.61. The molecule has 0 aliphatic carbocycles. The van der Waals surface area contributed by atoms with Gasteiger partial charge in [0.05, 0.1) is 0 Å². The molecule has 0 spiro atoms. The summed E-state index contributed by atoms with van der Waals surface area (Å²) in [6.45, 7) is 0. The van der Waals surface area contributed by atoms with Crippen LogP contribution < -0.4 is 51.4 Å². The Morgan fingerprint density at radius 1 is 1.00 bits per heavy atom. The second kappa shape index (κ2) is 6.33. The fraction of sp³-hybridized carbons (Fsp3) is 0. The molecule has 0 saturated heterocycles. The second-order valence-electron chi connectivity index (χ2n) is 0.600. The van der Waals surface area contributed by atoms with Crippen molar-refractivity contribution in [2.45, 2.75) is 0 Å². The van der Waals surface area contributed by atoms with Crippen LogP contribution in [0.5, 0.6) is 0 Å². The first-order valence-electron chi connectivity index (χ1n) is 0.894. The molecular weight excluding hydrogens is 187 g/mol. The van der Waals surface area contributed by atoms with Crippen molar-refractivity contribution in [3.63, 3.8) is 0 Å². The van der Waals surface area contributed by atoms with E-state index in [4.69, 9.17) is 19.2 Å². The fourth-order valence-corrected chi connectivity index (χ4v) is 0. The average molecular weight is 192 g/mol. The quantitative estimate of drug-likeness (QED) is 0.289. The van der Waals surface area contributed by atoms with Crippen LogP contribution in [0.3, 0.4) is 0 Å². The maximum Gasteiger partial charge on any atom is 1.00 e. The molecule has 0 unspecified atom stereocenters. The van der Waals surface area contributed by atoms with E-state index in [9.17, 15) is 0 Å². The van der Waals surface area contributed by atoms with Crippen molar-refractivity contribution in [1.29, 1.82) is 0 Å². The molecule has 0 aromatic heterocycles. The van der Waals surface area contributed by atoms with Gasteiger partial charge in [-0.3, -0.25) is 0 Å².